The van der Waals surface area contributed by atoms with Crippen molar-refractivity contribution in [2.24, 2.45) is 0 Å². The van der Waals surface area contributed by atoms with E-state index in [1.165, 1.54) is 4.90 Å². The Morgan fingerprint density at radius 1 is 1.08 bits per heavy atom. The topological polar surface area (TPSA) is 42.4 Å². The molecular weight excluding hydrogens is 394 g/mol. The van der Waals surface area contributed by atoms with Gasteiger partial charge in [-0.25, -0.2) is 4.98 Å². The molecule has 2 rings (SSSR count). The van der Waals surface area contributed by atoms with E-state index in [4.69, 9.17) is 51.1 Å². The van der Waals surface area contributed by atoms with Gasteiger partial charge in [-0.15, -0.1) is 0 Å². The van der Waals surface area contributed by atoms with Crippen molar-refractivity contribution in [1.29, 1.82) is 0 Å². The van der Waals surface area contributed by atoms with Crippen molar-refractivity contribution in [1.82, 2.24) is 9.88 Å². The highest BCUT2D eigenvalue weighted by molar-refractivity contribution is 6.52. The average molecular weight is 408 g/mol. The van der Waals surface area contributed by atoms with Crippen LogP contribution >= 0.6 is 46.4 Å². The second kappa shape index (κ2) is 8.26. The Bertz CT molecular complexity index is 751. The predicted molar refractivity (Wildman–Crippen MR) is 97.9 cm³/mol. The van der Waals surface area contributed by atoms with Gasteiger partial charge in [-0.2, -0.15) is 0 Å². The molecule has 4 nitrogen and oxygen atoms in total. The molecule has 0 aliphatic rings. The smallest absolute Gasteiger partial charge is 0.273 e. The van der Waals surface area contributed by atoms with Crippen LogP contribution in [0.25, 0.3) is 0 Å². The number of carbonyl (C=O) groups excluding carboxylic acids is 1. The number of aromatic nitrogens is 1. The van der Waals surface area contributed by atoms with Gasteiger partial charge >= 0.3 is 0 Å². The van der Waals surface area contributed by atoms with Crippen LogP contribution in [0.5, 0.6) is 5.75 Å². The Morgan fingerprint density at radius 2 is 1.71 bits per heavy atom. The van der Waals surface area contributed by atoms with Crippen molar-refractivity contribution in [2.45, 2.75) is 6.92 Å². The third-order valence-electron chi connectivity index (χ3n) is 3.25. The molecular formula is C16H14Cl4N2O2. The summed E-state index contributed by atoms with van der Waals surface area (Å²) in [5, 5.41) is -0.0719. The van der Waals surface area contributed by atoms with Gasteiger partial charge < -0.3 is 9.64 Å². The molecule has 1 aromatic carbocycles. The molecule has 1 heterocycles. The molecule has 0 spiro atoms. The lowest BCUT2D eigenvalue weighted by molar-refractivity contribution is 0.0768. The van der Waals surface area contributed by atoms with Crippen molar-refractivity contribution >= 4 is 52.3 Å². The van der Waals surface area contributed by atoms with Crippen LogP contribution in [0, 0.1) is 6.92 Å². The second-order valence-corrected chi connectivity index (χ2v) is 6.57. The van der Waals surface area contributed by atoms with Crippen LogP contribution < -0.4 is 4.74 Å². The lowest BCUT2D eigenvalue weighted by atomic mass is 10.2. The van der Waals surface area contributed by atoms with Crippen LogP contribution in [-0.4, -0.2) is 36.0 Å². The standard InChI is InChI=1S/C16H14Cl4N2O2/c1-9-3-5-10(6-4-9)24-8-7-22(2)16(23)14-12(18)11(17)13(19)15(20)21-14/h3-6H,7-8H2,1-2H3. The van der Waals surface area contributed by atoms with E-state index in [-0.39, 0.29) is 25.9 Å². The van der Waals surface area contributed by atoms with E-state index < -0.39 is 5.91 Å². The van der Waals surface area contributed by atoms with E-state index in [0.717, 1.165) is 11.3 Å². The third kappa shape index (κ3) is 4.45. The summed E-state index contributed by atoms with van der Waals surface area (Å²) in [4.78, 5) is 17.8. The molecule has 1 aromatic heterocycles. The molecule has 0 unspecified atom stereocenters. The minimum Gasteiger partial charge on any atom is -0.492 e. The molecule has 0 atom stereocenters. The fraction of sp³-hybridized carbons (Fsp3) is 0.250. The highest BCUT2D eigenvalue weighted by atomic mass is 35.5. The number of likely N-dealkylation sites (N-methyl/N-ethyl adjacent to an activating group) is 1. The highest BCUT2D eigenvalue weighted by Crippen LogP contribution is 2.36. The van der Waals surface area contributed by atoms with Crippen LogP contribution in [0.15, 0.2) is 24.3 Å². The van der Waals surface area contributed by atoms with E-state index in [1.807, 2.05) is 31.2 Å². The number of ether oxygens (including phenoxy) is 1. The van der Waals surface area contributed by atoms with E-state index in [2.05, 4.69) is 4.98 Å². The third-order valence-corrected chi connectivity index (χ3v) is 4.93. The summed E-state index contributed by atoms with van der Waals surface area (Å²) < 4.78 is 5.59. The summed E-state index contributed by atoms with van der Waals surface area (Å²) in [6.07, 6.45) is 0. The molecule has 128 valence electrons. The quantitative estimate of drug-likeness (QED) is 0.643. The summed E-state index contributed by atoms with van der Waals surface area (Å²) in [5.74, 6) is 0.308. The first-order valence-corrected chi connectivity index (χ1v) is 8.47. The molecule has 0 radical (unpaired) electrons. The fourth-order valence-corrected chi connectivity index (χ4v) is 2.66. The number of pyridine rings is 1. The maximum atomic E-state index is 12.4. The number of rotatable bonds is 5. The van der Waals surface area contributed by atoms with Crippen molar-refractivity contribution < 1.29 is 9.53 Å². The van der Waals surface area contributed by atoms with Gasteiger partial charge in [0.05, 0.1) is 21.6 Å². The summed E-state index contributed by atoms with van der Waals surface area (Å²) in [5.41, 5.74) is 1.10. The molecule has 0 bridgehead atoms. The molecule has 0 fully saturated rings. The van der Waals surface area contributed by atoms with Gasteiger partial charge in [0.2, 0.25) is 0 Å². The van der Waals surface area contributed by atoms with E-state index >= 15 is 0 Å². The number of halogens is 4. The van der Waals surface area contributed by atoms with Gasteiger partial charge in [-0.3, -0.25) is 4.79 Å². The second-order valence-electron chi connectivity index (χ2n) is 5.08. The minimum absolute atomic E-state index is 0.00555. The normalized spacial score (nSPS) is 10.6. The molecule has 2 aromatic rings. The van der Waals surface area contributed by atoms with E-state index in [0.29, 0.717) is 13.2 Å². The molecule has 0 saturated heterocycles. The largest absolute Gasteiger partial charge is 0.492 e. The number of carbonyl (C=O) groups is 1. The molecule has 1 amide bonds. The zero-order valence-corrected chi connectivity index (χ0v) is 16.0. The maximum Gasteiger partial charge on any atom is 0.273 e. The molecule has 0 saturated carbocycles. The molecule has 0 aliphatic carbocycles. The van der Waals surface area contributed by atoms with E-state index in [9.17, 15) is 4.79 Å². The van der Waals surface area contributed by atoms with Crippen LogP contribution in [0.2, 0.25) is 20.2 Å². The number of benzene rings is 1. The van der Waals surface area contributed by atoms with Crippen LogP contribution in [0.1, 0.15) is 16.1 Å². The summed E-state index contributed by atoms with van der Waals surface area (Å²) in [6.45, 7) is 2.65. The Hall–Kier alpha value is -1.20. The van der Waals surface area contributed by atoms with Gasteiger partial charge in [-0.1, -0.05) is 64.1 Å². The van der Waals surface area contributed by atoms with Gasteiger partial charge in [-0.05, 0) is 19.1 Å². The van der Waals surface area contributed by atoms with Gasteiger partial charge in [0.1, 0.15) is 23.2 Å². The average Bonchev–Trinajstić information content (AvgIpc) is 2.57. The highest BCUT2D eigenvalue weighted by Gasteiger charge is 2.22. The van der Waals surface area contributed by atoms with Gasteiger partial charge in [0.25, 0.3) is 5.91 Å². The lowest BCUT2D eigenvalue weighted by Gasteiger charge is -2.18. The summed E-state index contributed by atoms with van der Waals surface area (Å²) in [6, 6.07) is 7.64. The lowest BCUT2D eigenvalue weighted by Crippen LogP contribution is -2.31. The first-order valence-electron chi connectivity index (χ1n) is 6.96. The number of nitrogens with zero attached hydrogens (tertiary/aromatic N) is 2. The van der Waals surface area contributed by atoms with Crippen LogP contribution in [0.3, 0.4) is 0 Å². The molecule has 24 heavy (non-hydrogen) atoms. The Labute approximate surface area is 160 Å². The molecule has 8 heteroatoms. The summed E-state index contributed by atoms with van der Waals surface area (Å²) in [7, 11) is 1.61. The summed E-state index contributed by atoms with van der Waals surface area (Å²) >= 11 is 23.7. The van der Waals surface area contributed by atoms with Crippen molar-refractivity contribution in [3.05, 3.63) is 55.7 Å². The Kier molecular flexibility index (Phi) is 6.58. The van der Waals surface area contributed by atoms with Crippen molar-refractivity contribution in [3.8, 4) is 5.75 Å². The first-order chi connectivity index (χ1) is 11.3. The number of hydrogen-bond donors (Lipinski definition) is 0. The van der Waals surface area contributed by atoms with Gasteiger partial charge in [0.15, 0.2) is 0 Å². The molecule has 0 N–H and O–H groups in total. The number of amides is 1. The number of aryl methyl sites for hydroxylation is 1. The van der Waals surface area contributed by atoms with E-state index in [1.54, 1.807) is 7.05 Å². The number of hydrogen-bond acceptors (Lipinski definition) is 3. The Balaban J connectivity index is 2.01. The maximum absolute atomic E-state index is 12.4. The molecule has 0 aliphatic heterocycles. The SMILES string of the molecule is Cc1ccc(OCCN(C)C(=O)c2nc(Cl)c(Cl)c(Cl)c2Cl)cc1. The van der Waals surface area contributed by atoms with Gasteiger partial charge in [0, 0.05) is 7.05 Å². The minimum atomic E-state index is -0.423. The fourth-order valence-electron chi connectivity index (χ4n) is 1.85. The van der Waals surface area contributed by atoms with Crippen LogP contribution in [0.4, 0.5) is 0 Å². The zero-order valence-electron chi connectivity index (χ0n) is 12.9. The first kappa shape index (κ1) is 19.1. The zero-order chi connectivity index (χ0) is 17.9. The Morgan fingerprint density at radius 3 is 2.33 bits per heavy atom. The van der Waals surface area contributed by atoms with Crippen LogP contribution in [-0.2, 0) is 0 Å². The predicted octanol–water partition coefficient (Wildman–Crippen LogP) is 5.15. The monoisotopic (exact) mass is 406 g/mol. The van der Waals surface area contributed by atoms with Crippen molar-refractivity contribution in [2.75, 3.05) is 20.2 Å². The van der Waals surface area contributed by atoms with Crippen molar-refractivity contribution in [3.63, 3.8) is 0 Å².